The molecule has 12 heavy (non-hydrogen) atoms. The molecule has 0 N–H and O–H groups in total. The van der Waals surface area contributed by atoms with E-state index in [1.165, 1.54) is 0 Å². The quantitative estimate of drug-likeness (QED) is 0.680. The van der Waals surface area contributed by atoms with E-state index in [1.807, 2.05) is 26.0 Å². The molecular formula is C9H9BrO2. The summed E-state index contributed by atoms with van der Waals surface area (Å²) in [7, 11) is 0. The Kier molecular flexibility index (Phi) is 1.76. The van der Waals surface area contributed by atoms with E-state index in [4.69, 9.17) is 9.47 Å². The van der Waals surface area contributed by atoms with Crippen molar-refractivity contribution in [3.05, 3.63) is 22.2 Å². The molecule has 1 aliphatic heterocycles. The second-order valence-electron chi connectivity index (χ2n) is 2.85. The number of hydrogen-bond acceptors (Lipinski definition) is 2. The number of rotatable bonds is 0. The Morgan fingerprint density at radius 1 is 1.25 bits per heavy atom. The first-order valence-electron chi connectivity index (χ1n) is 3.80. The van der Waals surface area contributed by atoms with Crippen LogP contribution in [0, 0.1) is 6.92 Å². The third-order valence-corrected chi connectivity index (χ3v) is 2.67. The van der Waals surface area contributed by atoms with Crippen LogP contribution < -0.4 is 9.47 Å². The molecule has 1 heterocycles. The molecule has 0 saturated carbocycles. The molecule has 0 bridgehead atoms. The lowest BCUT2D eigenvalue weighted by atomic mass is 10.2. The third-order valence-electron chi connectivity index (χ3n) is 1.81. The van der Waals surface area contributed by atoms with Gasteiger partial charge in [-0.05, 0) is 24.6 Å². The minimum absolute atomic E-state index is 0.159. The van der Waals surface area contributed by atoms with Gasteiger partial charge in [0.15, 0.2) is 11.5 Å². The molecule has 1 aromatic rings. The number of fused-ring (bicyclic) bond motifs is 1. The summed E-state index contributed by atoms with van der Waals surface area (Å²) in [6, 6.07) is 3.91. The van der Waals surface area contributed by atoms with Crippen LogP contribution in [-0.2, 0) is 0 Å². The minimum atomic E-state index is -0.159. The van der Waals surface area contributed by atoms with E-state index in [1.54, 1.807) is 0 Å². The Morgan fingerprint density at radius 3 is 2.50 bits per heavy atom. The SMILES string of the molecule is Cc1cc2c(cc1Br)OC(C)O2. The summed E-state index contributed by atoms with van der Waals surface area (Å²) in [5.74, 6) is 1.66. The molecular weight excluding hydrogens is 220 g/mol. The zero-order valence-corrected chi connectivity index (χ0v) is 8.51. The lowest BCUT2D eigenvalue weighted by molar-refractivity contribution is 0.0678. The van der Waals surface area contributed by atoms with Gasteiger partial charge in [0.1, 0.15) is 0 Å². The van der Waals surface area contributed by atoms with Gasteiger partial charge < -0.3 is 9.47 Å². The summed E-state index contributed by atoms with van der Waals surface area (Å²) in [6.45, 7) is 3.90. The van der Waals surface area contributed by atoms with Crippen molar-refractivity contribution in [2.75, 3.05) is 0 Å². The first-order valence-corrected chi connectivity index (χ1v) is 4.59. The van der Waals surface area contributed by atoms with Gasteiger partial charge in [-0.1, -0.05) is 15.9 Å². The van der Waals surface area contributed by atoms with Crippen molar-refractivity contribution < 1.29 is 9.47 Å². The fraction of sp³-hybridized carbons (Fsp3) is 0.333. The largest absolute Gasteiger partial charge is 0.451 e. The van der Waals surface area contributed by atoms with Crippen LogP contribution in [0.25, 0.3) is 0 Å². The zero-order valence-electron chi connectivity index (χ0n) is 6.93. The van der Waals surface area contributed by atoms with Crippen LogP contribution in [0.2, 0.25) is 0 Å². The first kappa shape index (κ1) is 7.92. The molecule has 1 aliphatic rings. The predicted octanol–water partition coefficient (Wildman–Crippen LogP) is 2.87. The number of benzene rings is 1. The van der Waals surface area contributed by atoms with Gasteiger partial charge in [0, 0.05) is 11.4 Å². The van der Waals surface area contributed by atoms with Crippen LogP contribution in [-0.4, -0.2) is 6.29 Å². The molecule has 0 radical (unpaired) electrons. The molecule has 1 unspecified atom stereocenters. The summed E-state index contributed by atoms with van der Waals surface area (Å²) in [5, 5.41) is 0. The summed E-state index contributed by atoms with van der Waals surface area (Å²) in [4.78, 5) is 0. The van der Waals surface area contributed by atoms with Gasteiger partial charge in [0.05, 0.1) is 0 Å². The van der Waals surface area contributed by atoms with Crippen LogP contribution in [0.3, 0.4) is 0 Å². The highest BCUT2D eigenvalue weighted by molar-refractivity contribution is 9.10. The Labute approximate surface area is 79.6 Å². The maximum Gasteiger partial charge on any atom is 0.238 e. The highest BCUT2D eigenvalue weighted by Crippen LogP contribution is 2.38. The molecule has 1 aromatic carbocycles. The molecule has 2 nitrogen and oxygen atoms in total. The highest BCUT2D eigenvalue weighted by atomic mass is 79.9. The van der Waals surface area contributed by atoms with Crippen LogP contribution in [0.5, 0.6) is 11.5 Å². The third kappa shape index (κ3) is 1.18. The second kappa shape index (κ2) is 2.66. The summed E-state index contributed by atoms with van der Waals surface area (Å²) < 4.78 is 11.8. The van der Waals surface area contributed by atoms with Crippen LogP contribution in [0.4, 0.5) is 0 Å². The lowest BCUT2D eigenvalue weighted by Crippen LogP contribution is -2.11. The molecule has 1 atom stereocenters. The van der Waals surface area contributed by atoms with Crippen molar-refractivity contribution in [1.29, 1.82) is 0 Å². The van der Waals surface area contributed by atoms with E-state index in [9.17, 15) is 0 Å². The molecule has 0 aliphatic carbocycles. The number of ether oxygens (including phenoxy) is 2. The van der Waals surface area contributed by atoms with Gasteiger partial charge in [-0.15, -0.1) is 0 Å². The fourth-order valence-corrected chi connectivity index (χ4v) is 1.53. The zero-order chi connectivity index (χ0) is 8.72. The first-order chi connectivity index (χ1) is 5.66. The van der Waals surface area contributed by atoms with E-state index in [0.717, 1.165) is 21.5 Å². The summed E-state index contributed by atoms with van der Waals surface area (Å²) in [6.07, 6.45) is -0.159. The molecule has 0 aromatic heterocycles. The van der Waals surface area contributed by atoms with Crippen LogP contribution >= 0.6 is 15.9 Å². The highest BCUT2D eigenvalue weighted by Gasteiger charge is 2.20. The number of halogens is 1. The van der Waals surface area contributed by atoms with E-state index in [2.05, 4.69) is 15.9 Å². The van der Waals surface area contributed by atoms with E-state index < -0.39 is 0 Å². The second-order valence-corrected chi connectivity index (χ2v) is 3.71. The summed E-state index contributed by atoms with van der Waals surface area (Å²) >= 11 is 3.43. The van der Waals surface area contributed by atoms with Gasteiger partial charge in [-0.25, -0.2) is 0 Å². The molecule has 0 saturated heterocycles. The van der Waals surface area contributed by atoms with Crippen molar-refractivity contribution >= 4 is 15.9 Å². The van der Waals surface area contributed by atoms with Crippen LogP contribution in [0.1, 0.15) is 12.5 Å². The standard InChI is InChI=1S/C9H9BrO2/c1-5-3-8-9(4-7(5)10)12-6(2)11-8/h3-4,6H,1-2H3. The van der Waals surface area contributed by atoms with Crippen molar-refractivity contribution in [2.24, 2.45) is 0 Å². The molecule has 0 spiro atoms. The molecule has 2 rings (SSSR count). The van der Waals surface area contributed by atoms with Gasteiger partial charge in [0.2, 0.25) is 6.29 Å². The smallest absolute Gasteiger partial charge is 0.238 e. The Morgan fingerprint density at radius 2 is 1.83 bits per heavy atom. The Hall–Kier alpha value is -0.700. The van der Waals surface area contributed by atoms with Gasteiger partial charge in [0.25, 0.3) is 0 Å². The molecule has 64 valence electrons. The number of hydrogen-bond donors (Lipinski definition) is 0. The van der Waals surface area contributed by atoms with Gasteiger partial charge in [-0.3, -0.25) is 0 Å². The Balaban J connectivity index is 2.48. The van der Waals surface area contributed by atoms with E-state index >= 15 is 0 Å². The average molecular weight is 229 g/mol. The van der Waals surface area contributed by atoms with Gasteiger partial charge in [-0.2, -0.15) is 0 Å². The lowest BCUT2D eigenvalue weighted by Gasteiger charge is -1.99. The maximum absolute atomic E-state index is 5.40. The van der Waals surface area contributed by atoms with Crippen molar-refractivity contribution in [3.63, 3.8) is 0 Å². The summed E-state index contributed by atoms with van der Waals surface area (Å²) in [5.41, 5.74) is 1.16. The van der Waals surface area contributed by atoms with Crippen molar-refractivity contribution in [3.8, 4) is 11.5 Å². The van der Waals surface area contributed by atoms with Crippen LogP contribution in [0.15, 0.2) is 16.6 Å². The van der Waals surface area contributed by atoms with E-state index in [0.29, 0.717) is 0 Å². The molecule has 3 heteroatoms. The fourth-order valence-electron chi connectivity index (χ4n) is 1.20. The Bertz CT molecular complexity index is 292. The predicted molar refractivity (Wildman–Crippen MR) is 49.6 cm³/mol. The van der Waals surface area contributed by atoms with Crippen molar-refractivity contribution in [1.82, 2.24) is 0 Å². The topological polar surface area (TPSA) is 18.5 Å². The minimum Gasteiger partial charge on any atom is -0.451 e. The maximum atomic E-state index is 5.40. The molecule has 0 amide bonds. The van der Waals surface area contributed by atoms with Crippen molar-refractivity contribution in [2.45, 2.75) is 20.1 Å². The normalized spacial score (nSPS) is 19.8. The molecule has 0 fully saturated rings. The van der Waals surface area contributed by atoms with E-state index in [-0.39, 0.29) is 6.29 Å². The average Bonchev–Trinajstić information content (AvgIpc) is 2.30. The van der Waals surface area contributed by atoms with Gasteiger partial charge >= 0.3 is 0 Å². The number of aryl methyl sites for hydroxylation is 1. The monoisotopic (exact) mass is 228 g/mol.